The highest BCUT2D eigenvalue weighted by atomic mass is 16.6. The van der Waals surface area contributed by atoms with Crippen LogP contribution < -0.4 is 10.9 Å². The number of nitro benzene ring substituents is 1. The molecule has 1 rings (SSSR count). The lowest BCUT2D eigenvalue weighted by molar-refractivity contribution is -0.384. The van der Waals surface area contributed by atoms with Gasteiger partial charge in [-0.15, -0.1) is 0 Å². The predicted molar refractivity (Wildman–Crippen MR) is 72.5 cm³/mol. The summed E-state index contributed by atoms with van der Waals surface area (Å²) in [7, 11) is 0. The molecular weight excluding hydrogens is 232 g/mol. The highest BCUT2D eigenvalue weighted by Crippen LogP contribution is 2.15. The summed E-state index contributed by atoms with van der Waals surface area (Å²) in [4.78, 5) is 12.5. The zero-order chi connectivity index (χ0) is 13.4. The van der Waals surface area contributed by atoms with Crippen molar-refractivity contribution in [2.24, 2.45) is 0 Å². The fraction of sp³-hybridized carbons (Fsp3) is 0.500. The summed E-state index contributed by atoms with van der Waals surface area (Å²) in [6.45, 7) is 8.01. The number of anilines is 1. The first-order valence-corrected chi connectivity index (χ1v) is 6.13. The summed E-state index contributed by atoms with van der Waals surface area (Å²) in [5.41, 5.74) is 6.80. The van der Waals surface area contributed by atoms with Crippen molar-refractivity contribution in [3.05, 3.63) is 34.4 Å². The van der Waals surface area contributed by atoms with E-state index in [0.717, 1.165) is 26.2 Å². The second kappa shape index (κ2) is 7.62. The zero-order valence-electron chi connectivity index (χ0n) is 10.8. The van der Waals surface area contributed by atoms with Gasteiger partial charge < -0.3 is 10.3 Å². The van der Waals surface area contributed by atoms with Crippen molar-refractivity contribution in [2.75, 3.05) is 31.6 Å². The Labute approximate surface area is 107 Å². The van der Waals surface area contributed by atoms with Crippen LogP contribution in [0.15, 0.2) is 24.3 Å². The number of nitrogens with one attached hydrogen (secondary N) is 2. The van der Waals surface area contributed by atoms with Gasteiger partial charge in [0, 0.05) is 25.2 Å². The zero-order valence-corrected chi connectivity index (χ0v) is 10.8. The number of rotatable bonds is 8. The molecule has 0 aliphatic rings. The van der Waals surface area contributed by atoms with E-state index in [-0.39, 0.29) is 5.69 Å². The van der Waals surface area contributed by atoms with E-state index in [4.69, 9.17) is 0 Å². The summed E-state index contributed by atoms with van der Waals surface area (Å²) in [6.07, 6.45) is 0. The SMILES string of the molecule is CCN(CC)CCNNc1cccc([N+](=O)[O-])c1. The summed E-state index contributed by atoms with van der Waals surface area (Å²) < 4.78 is 0. The van der Waals surface area contributed by atoms with Gasteiger partial charge in [0.25, 0.3) is 5.69 Å². The quantitative estimate of drug-likeness (QED) is 0.420. The first kappa shape index (κ1) is 14.4. The van der Waals surface area contributed by atoms with Crippen LogP contribution in [0.5, 0.6) is 0 Å². The molecule has 0 radical (unpaired) electrons. The molecule has 0 heterocycles. The molecule has 2 N–H and O–H groups in total. The Balaban J connectivity index is 2.35. The molecule has 0 bridgehead atoms. The van der Waals surface area contributed by atoms with Crippen LogP contribution in [-0.4, -0.2) is 36.0 Å². The molecule has 0 saturated carbocycles. The van der Waals surface area contributed by atoms with E-state index < -0.39 is 4.92 Å². The minimum Gasteiger partial charge on any atom is -0.321 e. The van der Waals surface area contributed by atoms with Crippen LogP contribution in [0.4, 0.5) is 11.4 Å². The average Bonchev–Trinajstić information content (AvgIpc) is 2.39. The maximum atomic E-state index is 10.6. The Morgan fingerprint density at radius 2 is 2.06 bits per heavy atom. The third-order valence-electron chi connectivity index (χ3n) is 2.74. The van der Waals surface area contributed by atoms with E-state index in [1.807, 2.05) is 0 Å². The minimum atomic E-state index is -0.402. The van der Waals surface area contributed by atoms with Gasteiger partial charge in [-0.25, -0.2) is 5.43 Å². The molecule has 0 unspecified atom stereocenters. The Morgan fingerprint density at radius 1 is 1.33 bits per heavy atom. The number of likely N-dealkylation sites (N-methyl/N-ethyl adjacent to an activating group) is 1. The standard InChI is InChI=1S/C12H20N4O2/c1-3-15(4-2)9-8-13-14-11-6-5-7-12(10-11)16(17)18/h5-7,10,13-14H,3-4,8-9H2,1-2H3. The molecule has 0 fully saturated rings. The van der Waals surface area contributed by atoms with Crippen LogP contribution in [0, 0.1) is 10.1 Å². The molecule has 0 aliphatic carbocycles. The lowest BCUT2D eigenvalue weighted by atomic mass is 10.3. The second-order valence-corrected chi connectivity index (χ2v) is 3.89. The largest absolute Gasteiger partial charge is 0.321 e. The van der Waals surface area contributed by atoms with Gasteiger partial charge >= 0.3 is 0 Å². The van der Waals surface area contributed by atoms with Crippen LogP contribution in [0.1, 0.15) is 13.8 Å². The van der Waals surface area contributed by atoms with Gasteiger partial charge in [-0.05, 0) is 19.2 Å². The van der Waals surface area contributed by atoms with Gasteiger partial charge in [-0.1, -0.05) is 19.9 Å². The summed E-state index contributed by atoms with van der Waals surface area (Å²) in [5, 5.41) is 10.6. The molecule has 6 heteroatoms. The first-order chi connectivity index (χ1) is 8.67. The van der Waals surface area contributed by atoms with Gasteiger partial charge in [0.15, 0.2) is 0 Å². The Hall–Kier alpha value is -1.66. The summed E-state index contributed by atoms with van der Waals surface area (Å²) >= 11 is 0. The van der Waals surface area contributed by atoms with Gasteiger partial charge in [0.1, 0.15) is 0 Å². The molecule has 18 heavy (non-hydrogen) atoms. The number of hydrogen-bond donors (Lipinski definition) is 2. The number of hydrazine groups is 1. The maximum absolute atomic E-state index is 10.6. The smallest absolute Gasteiger partial charge is 0.271 e. The summed E-state index contributed by atoms with van der Waals surface area (Å²) in [5.74, 6) is 0. The molecule has 100 valence electrons. The number of hydrogen-bond acceptors (Lipinski definition) is 5. The van der Waals surface area contributed by atoms with Gasteiger partial charge in [-0.2, -0.15) is 0 Å². The third-order valence-corrected chi connectivity index (χ3v) is 2.74. The topological polar surface area (TPSA) is 70.4 Å². The molecule has 0 saturated heterocycles. The molecular formula is C12H20N4O2. The number of non-ortho nitro benzene ring substituents is 1. The van der Waals surface area contributed by atoms with Crippen LogP contribution >= 0.6 is 0 Å². The fourth-order valence-corrected chi connectivity index (χ4v) is 1.62. The van der Waals surface area contributed by atoms with Crippen molar-refractivity contribution in [3.63, 3.8) is 0 Å². The van der Waals surface area contributed by atoms with Crippen molar-refractivity contribution in [2.45, 2.75) is 13.8 Å². The average molecular weight is 252 g/mol. The van der Waals surface area contributed by atoms with Gasteiger partial charge in [0.2, 0.25) is 0 Å². The first-order valence-electron chi connectivity index (χ1n) is 6.13. The lowest BCUT2D eigenvalue weighted by Crippen LogP contribution is -2.34. The van der Waals surface area contributed by atoms with Crippen molar-refractivity contribution in [1.29, 1.82) is 0 Å². The molecule has 0 atom stereocenters. The normalized spacial score (nSPS) is 10.6. The third kappa shape index (κ3) is 4.68. The van der Waals surface area contributed by atoms with E-state index in [1.54, 1.807) is 12.1 Å². The predicted octanol–water partition coefficient (Wildman–Crippen LogP) is 1.85. The van der Waals surface area contributed by atoms with Gasteiger partial charge in [0.05, 0.1) is 10.6 Å². The molecule has 1 aromatic rings. The van der Waals surface area contributed by atoms with Crippen molar-refractivity contribution in [1.82, 2.24) is 10.3 Å². The van der Waals surface area contributed by atoms with E-state index in [9.17, 15) is 10.1 Å². The monoisotopic (exact) mass is 252 g/mol. The van der Waals surface area contributed by atoms with Crippen molar-refractivity contribution < 1.29 is 4.92 Å². The Bertz CT molecular complexity index is 380. The Morgan fingerprint density at radius 3 is 2.67 bits per heavy atom. The molecule has 0 aliphatic heterocycles. The number of nitro groups is 1. The van der Waals surface area contributed by atoms with Crippen molar-refractivity contribution in [3.8, 4) is 0 Å². The maximum Gasteiger partial charge on any atom is 0.271 e. The number of benzene rings is 1. The fourth-order valence-electron chi connectivity index (χ4n) is 1.62. The summed E-state index contributed by atoms with van der Waals surface area (Å²) in [6, 6.07) is 6.43. The van der Waals surface area contributed by atoms with Crippen LogP contribution in [0.2, 0.25) is 0 Å². The van der Waals surface area contributed by atoms with Crippen molar-refractivity contribution >= 4 is 11.4 Å². The molecule has 0 amide bonds. The minimum absolute atomic E-state index is 0.0885. The highest BCUT2D eigenvalue weighted by Gasteiger charge is 2.04. The molecule has 1 aromatic carbocycles. The Kier molecular flexibility index (Phi) is 6.10. The van der Waals surface area contributed by atoms with E-state index in [1.165, 1.54) is 12.1 Å². The number of nitrogens with zero attached hydrogens (tertiary/aromatic N) is 2. The van der Waals surface area contributed by atoms with Crippen LogP contribution in [0.25, 0.3) is 0 Å². The molecule has 0 aromatic heterocycles. The second-order valence-electron chi connectivity index (χ2n) is 3.89. The van der Waals surface area contributed by atoms with E-state index in [0.29, 0.717) is 5.69 Å². The lowest BCUT2D eigenvalue weighted by Gasteiger charge is -2.18. The van der Waals surface area contributed by atoms with E-state index in [2.05, 4.69) is 29.6 Å². The molecule has 0 spiro atoms. The van der Waals surface area contributed by atoms with Gasteiger partial charge in [-0.3, -0.25) is 10.1 Å². The van der Waals surface area contributed by atoms with E-state index >= 15 is 0 Å². The highest BCUT2D eigenvalue weighted by molar-refractivity contribution is 5.50. The van der Waals surface area contributed by atoms with Crippen LogP contribution in [-0.2, 0) is 0 Å². The van der Waals surface area contributed by atoms with Crippen LogP contribution in [0.3, 0.4) is 0 Å². The molecule has 6 nitrogen and oxygen atoms in total.